The van der Waals surface area contributed by atoms with E-state index in [9.17, 15) is 0 Å². The summed E-state index contributed by atoms with van der Waals surface area (Å²) in [5.41, 5.74) is 1.64. The van der Waals surface area contributed by atoms with E-state index in [1.807, 2.05) is 13.0 Å². The van der Waals surface area contributed by atoms with Crippen LogP contribution in [0.4, 0.5) is 0 Å². The Morgan fingerprint density at radius 1 is 1.67 bits per heavy atom. The highest BCUT2D eigenvalue weighted by atomic mass is 35.5. The molecular weight excluding hydrogens is 176 g/mol. The number of nitrogens with zero attached hydrogens (tertiary/aromatic N) is 2. The minimum absolute atomic E-state index is 0.222. The molecule has 0 aliphatic carbocycles. The van der Waals surface area contributed by atoms with Crippen LogP contribution < -0.4 is 0 Å². The zero-order valence-electron chi connectivity index (χ0n) is 6.49. The second-order valence-corrected chi connectivity index (χ2v) is 2.13. The molecule has 0 radical (unpaired) electrons. The summed E-state index contributed by atoms with van der Waals surface area (Å²) in [6, 6.07) is 3.80. The van der Waals surface area contributed by atoms with E-state index in [1.54, 1.807) is 18.5 Å². The lowest BCUT2D eigenvalue weighted by atomic mass is 10.2. The molecule has 0 spiro atoms. The highest BCUT2D eigenvalue weighted by molar-refractivity contribution is 6.54. The van der Waals surface area contributed by atoms with Crippen LogP contribution in [0.25, 0.3) is 0 Å². The van der Waals surface area contributed by atoms with E-state index in [0.29, 0.717) is 5.56 Å². The lowest BCUT2D eigenvalue weighted by Crippen LogP contribution is -1.78. The van der Waals surface area contributed by atoms with Gasteiger partial charge in [-0.25, -0.2) is 0 Å². The minimum atomic E-state index is 0.222. The molecule has 1 heterocycles. The Morgan fingerprint density at radius 2 is 2.25 bits per heavy atom. The average Bonchev–Trinajstić information content (AvgIpc) is 2.06. The van der Waals surface area contributed by atoms with Crippen LogP contribution in [0.15, 0.2) is 18.5 Å². The first-order chi connectivity index (χ1) is 5.74. The number of carbonyl (C=O) groups is 1. The molecule has 0 bridgehead atoms. The van der Waals surface area contributed by atoms with Gasteiger partial charge in [-0.3, -0.25) is 9.78 Å². The van der Waals surface area contributed by atoms with Gasteiger partial charge < -0.3 is 0 Å². The first kappa shape index (κ1) is 10.6. The predicted octanol–water partition coefficient (Wildman–Crippen LogP) is 1.68. The van der Waals surface area contributed by atoms with Crippen molar-refractivity contribution in [3.63, 3.8) is 0 Å². The number of rotatable bonds is 0. The summed E-state index contributed by atoms with van der Waals surface area (Å²) in [4.78, 5) is 12.4. The normalized spacial score (nSPS) is 7.42. The van der Waals surface area contributed by atoms with E-state index in [4.69, 9.17) is 10.1 Å². The Hall–Kier alpha value is -1.40. The Balaban J connectivity index is 0.000000354. The predicted molar refractivity (Wildman–Crippen MR) is 46.3 cm³/mol. The first-order valence-electron chi connectivity index (χ1n) is 3.10. The summed E-state index contributed by atoms with van der Waals surface area (Å²) in [7, 11) is 0. The number of hydrogen-bond acceptors (Lipinski definition) is 3. The maximum absolute atomic E-state index is 8.57. The Kier molecular flexibility index (Phi) is 5.58. The number of pyridine rings is 1. The van der Waals surface area contributed by atoms with Gasteiger partial charge in [0.2, 0.25) is 5.75 Å². The second kappa shape index (κ2) is 6.32. The van der Waals surface area contributed by atoms with Crippen molar-refractivity contribution in [2.24, 2.45) is 0 Å². The number of aryl methyl sites for hydroxylation is 1. The summed E-state index contributed by atoms with van der Waals surface area (Å²) in [6.45, 7) is 1.91. The fourth-order valence-electron chi connectivity index (χ4n) is 0.616. The van der Waals surface area contributed by atoms with Crippen LogP contribution in [-0.2, 0) is 4.79 Å². The van der Waals surface area contributed by atoms with Gasteiger partial charge in [0.05, 0.1) is 5.56 Å². The third-order valence-electron chi connectivity index (χ3n) is 1.00. The number of halogens is 1. The van der Waals surface area contributed by atoms with Crippen molar-refractivity contribution in [3.05, 3.63) is 29.6 Å². The van der Waals surface area contributed by atoms with E-state index in [-0.39, 0.29) is 5.75 Å². The second-order valence-electron chi connectivity index (χ2n) is 1.95. The molecule has 0 saturated heterocycles. The lowest BCUT2D eigenvalue weighted by molar-refractivity contribution is 0.569. The van der Waals surface area contributed by atoms with Gasteiger partial charge >= 0.3 is 0 Å². The van der Waals surface area contributed by atoms with Crippen LogP contribution in [0.1, 0.15) is 11.1 Å². The Bertz CT molecular complexity index is 293. The average molecular weight is 183 g/mol. The largest absolute Gasteiger partial charge is 0.285 e. The molecule has 0 amide bonds. The molecular formula is C8H7ClN2O. The highest BCUT2D eigenvalue weighted by Gasteiger charge is 1.87. The molecule has 0 fully saturated rings. The third kappa shape index (κ3) is 4.42. The third-order valence-corrected chi connectivity index (χ3v) is 1.00. The standard InChI is InChI=1S/C7H6N2.CHClO/c1-6-2-7(3-8)5-9-4-6;2-1-3/h2,4-5H,1H3;1H. The van der Waals surface area contributed by atoms with Gasteiger partial charge in [0, 0.05) is 12.4 Å². The van der Waals surface area contributed by atoms with Gasteiger partial charge in [-0.2, -0.15) is 5.26 Å². The summed E-state index contributed by atoms with van der Waals surface area (Å²) in [6.07, 6.45) is 3.27. The van der Waals surface area contributed by atoms with Gasteiger partial charge in [0.15, 0.2) is 0 Å². The summed E-state index contributed by atoms with van der Waals surface area (Å²) in [5.74, 6) is 0.222. The molecule has 0 atom stereocenters. The Morgan fingerprint density at radius 3 is 2.58 bits per heavy atom. The molecule has 1 rings (SSSR count). The molecule has 0 aromatic carbocycles. The topological polar surface area (TPSA) is 53.8 Å². The lowest BCUT2D eigenvalue weighted by Gasteiger charge is -1.87. The maximum atomic E-state index is 8.57. The van der Waals surface area contributed by atoms with Gasteiger partial charge in [-0.15, -0.1) is 0 Å². The fourth-order valence-corrected chi connectivity index (χ4v) is 0.616. The van der Waals surface area contributed by atoms with Crippen LogP contribution in [-0.4, -0.2) is 10.7 Å². The fraction of sp³-hybridized carbons (Fsp3) is 0.125. The zero-order chi connectivity index (χ0) is 9.40. The summed E-state index contributed by atoms with van der Waals surface area (Å²) >= 11 is 4.32. The monoisotopic (exact) mass is 182 g/mol. The SMILES string of the molecule is Cc1cncc(C#N)c1.O=CCl. The van der Waals surface area contributed by atoms with Crippen LogP contribution >= 0.6 is 11.6 Å². The van der Waals surface area contributed by atoms with Crippen LogP contribution in [0, 0.1) is 18.3 Å². The highest BCUT2D eigenvalue weighted by Crippen LogP contribution is 1.97. The smallest absolute Gasteiger partial charge is 0.208 e. The molecule has 0 N–H and O–H groups in total. The van der Waals surface area contributed by atoms with Gasteiger partial charge in [-0.05, 0) is 30.2 Å². The number of hydrogen-bond donors (Lipinski definition) is 0. The van der Waals surface area contributed by atoms with E-state index >= 15 is 0 Å². The van der Waals surface area contributed by atoms with Crippen LogP contribution in [0.3, 0.4) is 0 Å². The molecule has 0 saturated carbocycles. The minimum Gasteiger partial charge on any atom is -0.285 e. The number of carbonyl (C=O) groups excluding carboxylic acids is 1. The van der Waals surface area contributed by atoms with Crippen molar-refractivity contribution in [2.75, 3.05) is 0 Å². The van der Waals surface area contributed by atoms with E-state index in [0.717, 1.165) is 5.56 Å². The quantitative estimate of drug-likeness (QED) is 0.453. The molecule has 0 aliphatic rings. The van der Waals surface area contributed by atoms with E-state index in [2.05, 4.69) is 16.6 Å². The van der Waals surface area contributed by atoms with Crippen molar-refractivity contribution in [3.8, 4) is 6.07 Å². The van der Waals surface area contributed by atoms with Crippen LogP contribution in [0.2, 0.25) is 0 Å². The maximum Gasteiger partial charge on any atom is 0.208 e. The molecule has 1 aromatic rings. The number of nitriles is 1. The van der Waals surface area contributed by atoms with Crippen LogP contribution in [0.5, 0.6) is 0 Å². The van der Waals surface area contributed by atoms with Crippen molar-refractivity contribution in [1.29, 1.82) is 5.26 Å². The Labute approximate surface area is 75.6 Å². The number of aromatic nitrogens is 1. The van der Waals surface area contributed by atoms with Gasteiger partial charge in [-0.1, -0.05) is 0 Å². The van der Waals surface area contributed by atoms with E-state index < -0.39 is 0 Å². The van der Waals surface area contributed by atoms with E-state index in [1.165, 1.54) is 0 Å². The summed E-state index contributed by atoms with van der Waals surface area (Å²) < 4.78 is 0. The molecule has 0 unspecified atom stereocenters. The van der Waals surface area contributed by atoms with Gasteiger partial charge in [0.1, 0.15) is 6.07 Å². The van der Waals surface area contributed by atoms with Crippen molar-refractivity contribution in [2.45, 2.75) is 6.92 Å². The summed E-state index contributed by atoms with van der Waals surface area (Å²) in [5, 5.41) is 8.37. The van der Waals surface area contributed by atoms with Crippen molar-refractivity contribution in [1.82, 2.24) is 4.98 Å². The molecule has 0 aliphatic heterocycles. The molecule has 12 heavy (non-hydrogen) atoms. The van der Waals surface area contributed by atoms with Gasteiger partial charge in [0.25, 0.3) is 0 Å². The molecule has 1 aromatic heterocycles. The molecule has 4 heteroatoms. The molecule has 62 valence electrons. The van der Waals surface area contributed by atoms with Crippen molar-refractivity contribution >= 4 is 17.3 Å². The first-order valence-corrected chi connectivity index (χ1v) is 3.54. The zero-order valence-corrected chi connectivity index (χ0v) is 7.25. The molecule has 3 nitrogen and oxygen atoms in total. The van der Waals surface area contributed by atoms with Crippen molar-refractivity contribution < 1.29 is 4.79 Å².